The smallest absolute Gasteiger partial charge is 0.225 e. The van der Waals surface area contributed by atoms with Crippen molar-refractivity contribution in [3.8, 4) is 0 Å². The number of aromatic nitrogens is 2. The number of thioether (sulfide) groups is 1. The summed E-state index contributed by atoms with van der Waals surface area (Å²) >= 11 is 3.19. The van der Waals surface area contributed by atoms with E-state index in [1.807, 2.05) is 18.2 Å². The lowest BCUT2D eigenvalue weighted by atomic mass is 10.2. The molecule has 110 valence electrons. The molecule has 0 saturated heterocycles. The summed E-state index contributed by atoms with van der Waals surface area (Å²) in [6, 6.07) is 10.7. The summed E-state index contributed by atoms with van der Waals surface area (Å²) < 4.78 is 0.910. The number of carbonyl (C=O) groups excluding carboxylic acids is 1. The van der Waals surface area contributed by atoms with Gasteiger partial charge in [0.05, 0.1) is 0 Å². The summed E-state index contributed by atoms with van der Waals surface area (Å²) in [6.45, 7) is 3.75. The molecule has 1 heterocycles. The molecular weight excluding hydrogens is 302 g/mol. The van der Waals surface area contributed by atoms with Crippen molar-refractivity contribution in [3.63, 3.8) is 0 Å². The Kier molecular flexibility index (Phi) is 4.26. The van der Waals surface area contributed by atoms with Crippen molar-refractivity contribution in [2.45, 2.75) is 42.3 Å². The Balaban J connectivity index is 1.71. The van der Waals surface area contributed by atoms with Crippen molar-refractivity contribution < 1.29 is 4.79 Å². The first-order chi connectivity index (χ1) is 10.1. The topological polar surface area (TPSA) is 46.1 Å². The third-order valence-electron chi connectivity index (χ3n) is 3.40. The van der Waals surface area contributed by atoms with E-state index in [0.29, 0.717) is 11.3 Å². The van der Waals surface area contributed by atoms with Gasteiger partial charge < -0.3 is 0 Å². The van der Waals surface area contributed by atoms with Gasteiger partial charge >= 0.3 is 0 Å². The Hall–Kier alpha value is -1.40. The van der Waals surface area contributed by atoms with Crippen LogP contribution >= 0.6 is 23.1 Å². The molecule has 1 atom stereocenters. The summed E-state index contributed by atoms with van der Waals surface area (Å²) in [6.07, 6.45) is 2.14. The highest BCUT2D eigenvalue weighted by molar-refractivity contribution is 8.01. The molecule has 0 bridgehead atoms. The Morgan fingerprint density at radius 3 is 2.67 bits per heavy atom. The molecule has 3 rings (SSSR count). The molecule has 1 aromatic heterocycles. The van der Waals surface area contributed by atoms with E-state index >= 15 is 0 Å². The molecule has 0 radical (unpaired) electrons. The van der Waals surface area contributed by atoms with Crippen LogP contribution in [0.1, 0.15) is 37.5 Å². The zero-order chi connectivity index (χ0) is 14.8. The maximum absolute atomic E-state index is 11.7. The third-order valence-corrected chi connectivity index (χ3v) is 5.56. The van der Waals surface area contributed by atoms with Gasteiger partial charge in [0.1, 0.15) is 0 Å². The number of anilines is 1. The number of nitrogens with zero attached hydrogens (tertiary/aromatic N) is 3. The lowest BCUT2D eigenvalue weighted by molar-refractivity contribution is -0.116. The van der Waals surface area contributed by atoms with Gasteiger partial charge in [0.25, 0.3) is 0 Å². The summed E-state index contributed by atoms with van der Waals surface area (Å²) in [5.74, 6) is 0.0568. The largest absolute Gasteiger partial charge is 0.284 e. The van der Waals surface area contributed by atoms with Crippen LogP contribution in [-0.4, -0.2) is 22.1 Å². The fraction of sp³-hybridized carbons (Fsp3) is 0.400. The number of carbonyl (C=O) groups is 1. The lowest BCUT2D eigenvalue weighted by Crippen LogP contribution is -2.30. The summed E-state index contributed by atoms with van der Waals surface area (Å²) in [5, 5.41) is 9.48. The average molecular weight is 319 g/mol. The average Bonchev–Trinajstić information content (AvgIpc) is 3.20. The molecule has 1 unspecified atom stereocenters. The zero-order valence-corrected chi connectivity index (χ0v) is 13.7. The molecule has 1 fully saturated rings. The molecule has 6 heteroatoms. The number of benzene rings is 1. The van der Waals surface area contributed by atoms with Crippen molar-refractivity contribution in [1.82, 2.24) is 10.2 Å². The van der Waals surface area contributed by atoms with Gasteiger partial charge in [-0.15, -0.1) is 10.2 Å². The minimum absolute atomic E-state index is 0.0568. The minimum atomic E-state index is 0.0568. The van der Waals surface area contributed by atoms with E-state index in [1.165, 1.54) is 16.9 Å². The van der Waals surface area contributed by atoms with Crippen molar-refractivity contribution >= 4 is 34.1 Å². The first kappa shape index (κ1) is 14.5. The van der Waals surface area contributed by atoms with Crippen LogP contribution in [0, 0.1) is 0 Å². The molecule has 4 nitrogen and oxygen atoms in total. The van der Waals surface area contributed by atoms with Gasteiger partial charge in [-0.25, -0.2) is 0 Å². The molecule has 21 heavy (non-hydrogen) atoms. The van der Waals surface area contributed by atoms with E-state index in [4.69, 9.17) is 0 Å². The van der Waals surface area contributed by atoms with Gasteiger partial charge in [0.15, 0.2) is 4.34 Å². The Morgan fingerprint density at radius 1 is 1.33 bits per heavy atom. The van der Waals surface area contributed by atoms with Gasteiger partial charge in [0.2, 0.25) is 11.0 Å². The highest BCUT2D eigenvalue weighted by atomic mass is 32.2. The van der Waals surface area contributed by atoms with Crippen LogP contribution in [0.2, 0.25) is 0 Å². The van der Waals surface area contributed by atoms with E-state index in [-0.39, 0.29) is 5.91 Å². The van der Waals surface area contributed by atoms with Gasteiger partial charge in [-0.05, 0) is 25.3 Å². The number of rotatable bonds is 5. The van der Waals surface area contributed by atoms with Crippen LogP contribution in [0.3, 0.4) is 0 Å². The van der Waals surface area contributed by atoms with Gasteiger partial charge in [-0.1, -0.05) is 53.4 Å². The second-order valence-corrected chi connectivity index (χ2v) is 7.69. The number of amides is 1. The Bertz CT molecular complexity index is 625. The van der Waals surface area contributed by atoms with Crippen LogP contribution in [0.25, 0.3) is 0 Å². The van der Waals surface area contributed by atoms with Crippen molar-refractivity contribution in [3.05, 3.63) is 35.9 Å². The van der Waals surface area contributed by atoms with E-state index in [9.17, 15) is 4.79 Å². The monoisotopic (exact) mass is 319 g/mol. The second-order valence-electron chi connectivity index (χ2n) is 5.14. The SMILES string of the molecule is CC(=O)N(c1nnc(SC(C)c2ccccc2)s1)C1CC1. The van der Waals surface area contributed by atoms with Crippen molar-refractivity contribution in [2.24, 2.45) is 0 Å². The Labute approximate surface area is 132 Å². The van der Waals surface area contributed by atoms with Gasteiger partial charge in [-0.3, -0.25) is 9.69 Å². The molecule has 0 spiro atoms. The van der Waals surface area contributed by atoms with Crippen LogP contribution in [0.4, 0.5) is 5.13 Å². The summed E-state index contributed by atoms with van der Waals surface area (Å²) in [7, 11) is 0. The number of hydrogen-bond donors (Lipinski definition) is 0. The third kappa shape index (κ3) is 3.44. The molecule has 1 aliphatic rings. The summed E-state index contributed by atoms with van der Waals surface area (Å²) in [4.78, 5) is 13.5. The first-order valence-corrected chi connectivity index (χ1v) is 8.69. The van der Waals surface area contributed by atoms with Crippen molar-refractivity contribution in [1.29, 1.82) is 0 Å². The maximum Gasteiger partial charge on any atom is 0.225 e. The predicted molar refractivity (Wildman–Crippen MR) is 86.8 cm³/mol. The fourth-order valence-corrected chi connectivity index (χ4v) is 4.40. The molecule has 1 amide bonds. The maximum atomic E-state index is 11.7. The van der Waals surface area contributed by atoms with Crippen molar-refractivity contribution in [2.75, 3.05) is 4.90 Å². The fourth-order valence-electron chi connectivity index (χ4n) is 2.17. The summed E-state index contributed by atoms with van der Waals surface area (Å²) in [5.41, 5.74) is 1.27. The number of hydrogen-bond acceptors (Lipinski definition) is 5. The quantitative estimate of drug-likeness (QED) is 0.619. The highest BCUT2D eigenvalue weighted by Gasteiger charge is 2.34. The molecule has 0 N–H and O–H groups in total. The normalized spacial score (nSPS) is 15.7. The predicted octanol–water partition coefficient (Wildman–Crippen LogP) is 3.91. The molecule has 0 aliphatic heterocycles. The molecule has 1 aliphatic carbocycles. The second kappa shape index (κ2) is 6.15. The molecule has 1 aromatic carbocycles. The zero-order valence-electron chi connectivity index (χ0n) is 12.0. The van der Waals surface area contributed by atoms with Gasteiger partial charge in [0, 0.05) is 18.2 Å². The molecule has 1 saturated carbocycles. The van der Waals surface area contributed by atoms with Crippen LogP contribution in [-0.2, 0) is 4.79 Å². The molecule has 2 aromatic rings. The van der Waals surface area contributed by atoms with E-state index in [0.717, 1.165) is 22.3 Å². The van der Waals surface area contributed by atoms with E-state index in [1.54, 1.807) is 23.6 Å². The van der Waals surface area contributed by atoms with E-state index < -0.39 is 0 Å². The van der Waals surface area contributed by atoms with Crippen LogP contribution in [0.5, 0.6) is 0 Å². The van der Waals surface area contributed by atoms with Gasteiger partial charge in [-0.2, -0.15) is 0 Å². The van der Waals surface area contributed by atoms with E-state index in [2.05, 4.69) is 29.3 Å². The standard InChI is InChI=1S/C15H17N3OS2/c1-10(12-6-4-3-5-7-12)20-15-17-16-14(21-15)18(11(2)19)13-8-9-13/h3-7,10,13H,8-9H2,1-2H3. The highest BCUT2D eigenvalue weighted by Crippen LogP contribution is 2.40. The van der Waals surface area contributed by atoms with Crippen LogP contribution < -0.4 is 4.90 Å². The molecular formula is C15H17N3OS2. The lowest BCUT2D eigenvalue weighted by Gasteiger charge is -2.15. The first-order valence-electron chi connectivity index (χ1n) is 7.00. The van der Waals surface area contributed by atoms with Crippen LogP contribution in [0.15, 0.2) is 34.7 Å². The minimum Gasteiger partial charge on any atom is -0.284 e. The Morgan fingerprint density at radius 2 is 2.05 bits per heavy atom.